The molecule has 4 heteroatoms. The van der Waals surface area contributed by atoms with Gasteiger partial charge in [-0.05, 0) is 55.1 Å². The Hall–Kier alpha value is -1.58. The fraction of sp³-hybridized carbons (Fsp3) is 0.450. The molecule has 1 saturated heterocycles. The monoisotopic (exact) mass is 346 g/mol. The normalized spacial score (nSPS) is 15.3. The van der Waals surface area contributed by atoms with Crippen LogP contribution in [0.4, 0.5) is 0 Å². The van der Waals surface area contributed by atoms with Gasteiger partial charge in [-0.2, -0.15) is 0 Å². The van der Waals surface area contributed by atoms with Crippen molar-refractivity contribution in [2.24, 2.45) is 5.92 Å². The molecule has 1 aliphatic rings. The molecule has 2 aromatic rings. The molecule has 3 nitrogen and oxygen atoms in total. The predicted molar refractivity (Wildman–Crippen MR) is 103 cm³/mol. The van der Waals surface area contributed by atoms with Gasteiger partial charge in [-0.25, -0.2) is 0 Å². The molecule has 2 aromatic carbocycles. The van der Waals surface area contributed by atoms with E-state index in [0.29, 0.717) is 6.42 Å². The smallest absolute Gasteiger partial charge is 0.226 e. The lowest BCUT2D eigenvalue weighted by Gasteiger charge is -2.32. The number of likely N-dealkylation sites (tertiary alicyclic amines) is 1. The molecule has 3 rings (SSSR count). The third-order valence-corrected chi connectivity index (χ3v) is 4.94. The number of carbonyl (C=O) groups is 1. The van der Waals surface area contributed by atoms with Crippen LogP contribution in [-0.2, 0) is 11.2 Å². The van der Waals surface area contributed by atoms with Crippen molar-refractivity contribution in [2.45, 2.75) is 25.7 Å². The summed E-state index contributed by atoms with van der Waals surface area (Å²) in [4.78, 5) is 14.6. The summed E-state index contributed by atoms with van der Waals surface area (Å²) in [5, 5.41) is 5.66. The van der Waals surface area contributed by atoms with Gasteiger partial charge in [0, 0.05) is 13.1 Å². The van der Waals surface area contributed by atoms with Crippen LogP contribution in [0.5, 0.6) is 0 Å². The first-order chi connectivity index (χ1) is 11.3. The second-order valence-corrected chi connectivity index (χ2v) is 6.57. The average Bonchev–Trinajstić information content (AvgIpc) is 2.60. The van der Waals surface area contributed by atoms with E-state index in [2.05, 4.69) is 35.6 Å². The van der Waals surface area contributed by atoms with Crippen molar-refractivity contribution in [3.05, 3.63) is 48.0 Å². The van der Waals surface area contributed by atoms with Gasteiger partial charge in [0.15, 0.2) is 0 Å². The van der Waals surface area contributed by atoms with Gasteiger partial charge in [0.1, 0.15) is 0 Å². The van der Waals surface area contributed by atoms with Gasteiger partial charge in [-0.3, -0.25) is 4.79 Å². The summed E-state index contributed by atoms with van der Waals surface area (Å²) in [6.07, 6.45) is 4.03. The van der Waals surface area contributed by atoms with E-state index < -0.39 is 0 Å². The summed E-state index contributed by atoms with van der Waals surface area (Å²) >= 11 is 0. The molecule has 1 aliphatic heterocycles. The second kappa shape index (κ2) is 9.05. The highest BCUT2D eigenvalue weighted by Crippen LogP contribution is 2.21. The first-order valence-electron chi connectivity index (χ1n) is 8.66. The van der Waals surface area contributed by atoms with Crippen LogP contribution < -0.4 is 5.32 Å². The largest absolute Gasteiger partial charge is 0.342 e. The highest BCUT2D eigenvalue weighted by molar-refractivity contribution is 5.86. The molecular weight excluding hydrogens is 320 g/mol. The topological polar surface area (TPSA) is 32.3 Å². The number of nitrogens with one attached hydrogen (secondary N) is 1. The Kier molecular flexibility index (Phi) is 7.07. The Morgan fingerprint density at radius 1 is 1.12 bits per heavy atom. The van der Waals surface area contributed by atoms with Crippen LogP contribution in [0.3, 0.4) is 0 Å². The van der Waals surface area contributed by atoms with E-state index in [1.54, 1.807) is 0 Å². The first-order valence-corrected chi connectivity index (χ1v) is 8.66. The van der Waals surface area contributed by atoms with E-state index in [9.17, 15) is 4.79 Å². The lowest BCUT2D eigenvalue weighted by atomic mass is 9.93. The molecule has 0 spiro atoms. The molecule has 1 fully saturated rings. The molecule has 0 atom stereocenters. The minimum Gasteiger partial charge on any atom is -0.342 e. The Morgan fingerprint density at radius 3 is 2.54 bits per heavy atom. The summed E-state index contributed by atoms with van der Waals surface area (Å²) in [5.74, 6) is 1.04. The first kappa shape index (κ1) is 18.8. The van der Waals surface area contributed by atoms with Crippen LogP contribution in [0, 0.1) is 5.92 Å². The van der Waals surface area contributed by atoms with Crippen molar-refractivity contribution in [3.63, 3.8) is 0 Å². The highest BCUT2D eigenvalue weighted by Gasteiger charge is 2.22. The molecule has 0 aromatic heterocycles. The average molecular weight is 347 g/mol. The summed E-state index contributed by atoms with van der Waals surface area (Å²) in [5.41, 5.74) is 1.12. The zero-order valence-corrected chi connectivity index (χ0v) is 15.1. The zero-order chi connectivity index (χ0) is 16.1. The predicted octanol–water partition coefficient (Wildman–Crippen LogP) is 3.65. The molecule has 0 saturated carbocycles. The van der Waals surface area contributed by atoms with Crippen LogP contribution in [0.15, 0.2) is 42.5 Å². The Labute approximate surface area is 150 Å². The van der Waals surface area contributed by atoms with E-state index in [4.69, 9.17) is 0 Å². The molecular formula is C20H27ClN2O. The molecule has 0 bridgehead atoms. The number of nitrogens with zero attached hydrogens (tertiary/aromatic N) is 1. The zero-order valence-electron chi connectivity index (χ0n) is 14.3. The van der Waals surface area contributed by atoms with Gasteiger partial charge in [0.2, 0.25) is 5.91 Å². The number of benzene rings is 2. The molecule has 0 aliphatic carbocycles. The molecule has 1 heterocycles. The van der Waals surface area contributed by atoms with Crippen LogP contribution >= 0.6 is 12.4 Å². The van der Waals surface area contributed by atoms with Crippen molar-refractivity contribution >= 4 is 29.1 Å². The SMILES string of the molecule is CNCCC1CCN(C(=O)Cc2ccc3ccccc3c2)CC1.Cl. The van der Waals surface area contributed by atoms with Crippen LogP contribution in [0.1, 0.15) is 24.8 Å². The number of piperidine rings is 1. The van der Waals surface area contributed by atoms with Gasteiger partial charge in [-0.1, -0.05) is 42.5 Å². The van der Waals surface area contributed by atoms with Crippen molar-refractivity contribution in [3.8, 4) is 0 Å². The van der Waals surface area contributed by atoms with E-state index >= 15 is 0 Å². The summed E-state index contributed by atoms with van der Waals surface area (Å²) in [6, 6.07) is 14.7. The highest BCUT2D eigenvalue weighted by atomic mass is 35.5. The number of halogens is 1. The number of carbonyl (C=O) groups excluding carboxylic acids is 1. The summed E-state index contributed by atoms with van der Waals surface area (Å²) in [6.45, 7) is 2.91. The van der Waals surface area contributed by atoms with Gasteiger partial charge in [-0.15, -0.1) is 12.4 Å². The van der Waals surface area contributed by atoms with Crippen molar-refractivity contribution < 1.29 is 4.79 Å². The minimum atomic E-state index is 0. The maximum atomic E-state index is 12.5. The number of fused-ring (bicyclic) bond motifs is 1. The summed E-state index contributed by atoms with van der Waals surface area (Å²) in [7, 11) is 2.00. The van der Waals surface area contributed by atoms with E-state index in [1.807, 2.05) is 24.1 Å². The fourth-order valence-electron chi connectivity index (χ4n) is 3.45. The van der Waals surface area contributed by atoms with E-state index in [1.165, 1.54) is 17.2 Å². The standard InChI is InChI=1S/C20H26N2O.ClH/c1-21-11-8-16-9-12-22(13-10-16)20(23)15-17-6-7-18-4-2-3-5-19(18)14-17;/h2-7,14,16,21H,8-13,15H2,1H3;1H. The van der Waals surface area contributed by atoms with Gasteiger partial charge in [0.25, 0.3) is 0 Å². The van der Waals surface area contributed by atoms with Gasteiger partial charge < -0.3 is 10.2 Å². The van der Waals surface area contributed by atoms with Gasteiger partial charge >= 0.3 is 0 Å². The van der Waals surface area contributed by atoms with E-state index in [-0.39, 0.29) is 18.3 Å². The third kappa shape index (κ3) is 4.71. The third-order valence-electron chi connectivity index (χ3n) is 4.94. The number of rotatable bonds is 5. The molecule has 130 valence electrons. The van der Waals surface area contributed by atoms with Crippen molar-refractivity contribution in [1.82, 2.24) is 10.2 Å². The summed E-state index contributed by atoms with van der Waals surface area (Å²) < 4.78 is 0. The molecule has 0 unspecified atom stereocenters. The lowest BCUT2D eigenvalue weighted by molar-refractivity contribution is -0.131. The van der Waals surface area contributed by atoms with Crippen LogP contribution in [-0.4, -0.2) is 37.5 Å². The van der Waals surface area contributed by atoms with E-state index in [0.717, 1.165) is 44.0 Å². The number of amides is 1. The Morgan fingerprint density at radius 2 is 1.83 bits per heavy atom. The molecule has 1 N–H and O–H groups in total. The van der Waals surface area contributed by atoms with Crippen molar-refractivity contribution in [2.75, 3.05) is 26.7 Å². The number of hydrogen-bond acceptors (Lipinski definition) is 2. The van der Waals surface area contributed by atoms with Gasteiger partial charge in [0.05, 0.1) is 6.42 Å². The van der Waals surface area contributed by atoms with Crippen LogP contribution in [0.2, 0.25) is 0 Å². The minimum absolute atomic E-state index is 0. The van der Waals surface area contributed by atoms with Crippen molar-refractivity contribution in [1.29, 1.82) is 0 Å². The molecule has 0 radical (unpaired) electrons. The maximum absolute atomic E-state index is 12.5. The quantitative estimate of drug-likeness (QED) is 0.896. The fourth-order valence-corrected chi connectivity index (χ4v) is 3.45. The number of hydrogen-bond donors (Lipinski definition) is 1. The van der Waals surface area contributed by atoms with Crippen LogP contribution in [0.25, 0.3) is 10.8 Å². The second-order valence-electron chi connectivity index (χ2n) is 6.57. The Bertz CT molecular complexity index is 665. The lowest BCUT2D eigenvalue weighted by Crippen LogP contribution is -2.39. The maximum Gasteiger partial charge on any atom is 0.226 e. The Balaban J connectivity index is 0.00000208. The molecule has 1 amide bonds. The molecule has 24 heavy (non-hydrogen) atoms.